The molecule has 6 heteroatoms. The summed E-state index contributed by atoms with van der Waals surface area (Å²) in [5, 5.41) is 13.8. The Bertz CT molecular complexity index is 686. The van der Waals surface area contributed by atoms with Crippen molar-refractivity contribution in [3.63, 3.8) is 0 Å². The van der Waals surface area contributed by atoms with Gasteiger partial charge in [-0.15, -0.1) is 11.3 Å². The Morgan fingerprint density at radius 1 is 1.48 bits per heavy atom. The Labute approximate surface area is 131 Å². The van der Waals surface area contributed by atoms with Crippen LogP contribution in [0.1, 0.15) is 28.9 Å². The molecule has 1 fully saturated rings. The molecule has 1 aromatic heterocycles. The van der Waals surface area contributed by atoms with Gasteiger partial charge in [-0.25, -0.2) is 0 Å². The van der Waals surface area contributed by atoms with Crippen molar-refractivity contribution in [2.75, 3.05) is 12.3 Å². The maximum absolute atomic E-state index is 12.4. The molecular weight excluding hydrogens is 308 g/mol. The van der Waals surface area contributed by atoms with E-state index in [2.05, 4.69) is 5.32 Å². The number of nitrogens with one attached hydrogen (secondary N) is 1. The number of amides is 1. The van der Waals surface area contributed by atoms with Crippen LogP contribution in [-0.4, -0.2) is 23.7 Å². The summed E-state index contributed by atoms with van der Waals surface area (Å²) in [6, 6.07) is 5.49. The molecule has 0 radical (unpaired) electrons. The van der Waals surface area contributed by atoms with Gasteiger partial charge in [-0.3, -0.25) is 4.79 Å². The summed E-state index contributed by atoms with van der Waals surface area (Å²) >= 11 is 7.35. The zero-order valence-corrected chi connectivity index (χ0v) is 13.0. The first kappa shape index (κ1) is 14.6. The van der Waals surface area contributed by atoms with Gasteiger partial charge in [-0.2, -0.15) is 0 Å². The van der Waals surface area contributed by atoms with Gasteiger partial charge in [0.2, 0.25) is 0 Å². The highest BCUT2D eigenvalue weighted by Gasteiger charge is 2.29. The van der Waals surface area contributed by atoms with Gasteiger partial charge in [0.15, 0.2) is 0 Å². The fourth-order valence-electron chi connectivity index (χ4n) is 2.94. The second-order valence-electron chi connectivity index (χ2n) is 5.44. The van der Waals surface area contributed by atoms with Crippen molar-refractivity contribution in [3.8, 4) is 0 Å². The zero-order chi connectivity index (χ0) is 15.0. The highest BCUT2D eigenvalue weighted by molar-refractivity contribution is 7.21. The van der Waals surface area contributed by atoms with Crippen molar-refractivity contribution in [3.05, 3.63) is 28.1 Å². The molecule has 0 aliphatic heterocycles. The second-order valence-corrected chi connectivity index (χ2v) is 6.93. The summed E-state index contributed by atoms with van der Waals surface area (Å²) < 4.78 is 0.951. The molecule has 2 unspecified atom stereocenters. The van der Waals surface area contributed by atoms with E-state index in [4.69, 9.17) is 17.3 Å². The van der Waals surface area contributed by atoms with Crippen LogP contribution in [-0.2, 0) is 0 Å². The van der Waals surface area contributed by atoms with Crippen LogP contribution in [0.4, 0.5) is 5.69 Å². The topological polar surface area (TPSA) is 75.4 Å². The summed E-state index contributed by atoms with van der Waals surface area (Å²) in [6.45, 7) is 0.114. The van der Waals surface area contributed by atoms with E-state index in [1.807, 2.05) is 6.07 Å². The van der Waals surface area contributed by atoms with Crippen LogP contribution in [0.3, 0.4) is 0 Å². The van der Waals surface area contributed by atoms with Crippen molar-refractivity contribution in [1.29, 1.82) is 0 Å². The molecule has 1 heterocycles. The van der Waals surface area contributed by atoms with Gasteiger partial charge in [0, 0.05) is 33.7 Å². The van der Waals surface area contributed by atoms with E-state index in [-0.39, 0.29) is 24.5 Å². The van der Waals surface area contributed by atoms with Crippen LogP contribution in [0.15, 0.2) is 18.2 Å². The number of nitrogen functional groups attached to an aromatic ring is 1. The third-order valence-electron chi connectivity index (χ3n) is 4.10. The van der Waals surface area contributed by atoms with E-state index in [0.29, 0.717) is 15.6 Å². The number of anilines is 1. The molecule has 3 rings (SSSR count). The van der Waals surface area contributed by atoms with E-state index in [1.165, 1.54) is 11.3 Å². The van der Waals surface area contributed by atoms with Crippen molar-refractivity contribution < 1.29 is 9.90 Å². The molecule has 112 valence electrons. The summed E-state index contributed by atoms with van der Waals surface area (Å²) in [5.41, 5.74) is 6.57. The first-order valence-electron chi connectivity index (χ1n) is 6.99. The highest BCUT2D eigenvalue weighted by Crippen LogP contribution is 2.35. The number of nitrogens with two attached hydrogens (primary N) is 1. The minimum Gasteiger partial charge on any atom is -0.397 e. The Hall–Kier alpha value is -1.30. The molecule has 0 bridgehead atoms. The molecule has 1 aliphatic rings. The Kier molecular flexibility index (Phi) is 4.06. The minimum absolute atomic E-state index is 0.0377. The molecule has 1 amide bonds. The summed E-state index contributed by atoms with van der Waals surface area (Å²) in [4.78, 5) is 13.0. The molecular formula is C15H17ClN2O2S. The quantitative estimate of drug-likeness (QED) is 0.812. The number of aliphatic hydroxyl groups excluding tert-OH is 1. The zero-order valence-electron chi connectivity index (χ0n) is 11.4. The normalized spacial score (nSPS) is 21.8. The van der Waals surface area contributed by atoms with Gasteiger partial charge in [0.05, 0.1) is 5.69 Å². The van der Waals surface area contributed by atoms with Crippen molar-refractivity contribution in [2.45, 2.75) is 25.3 Å². The molecule has 21 heavy (non-hydrogen) atoms. The Morgan fingerprint density at radius 3 is 3.05 bits per heavy atom. The lowest BCUT2D eigenvalue weighted by molar-refractivity contribution is 0.0921. The molecule has 4 nitrogen and oxygen atoms in total. The minimum atomic E-state index is -0.157. The first-order chi connectivity index (χ1) is 10.1. The number of carbonyl (C=O) groups excluding carboxylic acids is 1. The standard InChI is InChI=1S/C15H17ClN2O2S/c16-9-4-5-12-10(6-9)13(17)14(21-12)15(20)18-11-3-1-2-8(11)7-19/h4-6,8,11,19H,1-3,7,17H2,(H,18,20). The fraction of sp³-hybridized carbons (Fsp3) is 0.400. The third-order valence-corrected chi connectivity index (χ3v) is 5.53. The van der Waals surface area contributed by atoms with Crippen LogP contribution in [0, 0.1) is 5.92 Å². The van der Waals surface area contributed by atoms with Crippen LogP contribution in [0.5, 0.6) is 0 Å². The maximum atomic E-state index is 12.4. The summed E-state index contributed by atoms with van der Waals surface area (Å²) in [6.07, 6.45) is 2.90. The molecule has 2 atom stereocenters. The SMILES string of the molecule is Nc1c(C(=O)NC2CCCC2CO)sc2ccc(Cl)cc12. The second kappa shape index (κ2) is 5.83. The van der Waals surface area contributed by atoms with Crippen molar-refractivity contribution in [2.24, 2.45) is 5.92 Å². The third kappa shape index (κ3) is 2.73. The van der Waals surface area contributed by atoms with E-state index in [1.54, 1.807) is 12.1 Å². The molecule has 1 aliphatic carbocycles. The lowest BCUT2D eigenvalue weighted by Crippen LogP contribution is -2.38. The molecule has 0 saturated heterocycles. The Morgan fingerprint density at radius 2 is 2.29 bits per heavy atom. The number of fused-ring (bicyclic) bond motifs is 1. The fourth-order valence-corrected chi connectivity index (χ4v) is 4.12. The average molecular weight is 325 g/mol. The van der Waals surface area contributed by atoms with Gasteiger partial charge in [0.25, 0.3) is 5.91 Å². The number of hydrogen-bond donors (Lipinski definition) is 3. The first-order valence-corrected chi connectivity index (χ1v) is 8.19. The van der Waals surface area contributed by atoms with Crippen LogP contribution in [0.25, 0.3) is 10.1 Å². The number of benzene rings is 1. The number of rotatable bonds is 3. The van der Waals surface area contributed by atoms with Crippen molar-refractivity contribution >= 4 is 44.6 Å². The number of thiophene rings is 1. The lowest BCUT2D eigenvalue weighted by Gasteiger charge is -2.18. The predicted molar refractivity (Wildman–Crippen MR) is 86.9 cm³/mol. The van der Waals surface area contributed by atoms with Gasteiger partial charge in [-0.1, -0.05) is 18.0 Å². The van der Waals surface area contributed by atoms with E-state index in [9.17, 15) is 9.90 Å². The monoisotopic (exact) mass is 324 g/mol. The molecule has 2 aromatic rings. The highest BCUT2D eigenvalue weighted by atomic mass is 35.5. The number of aliphatic hydroxyl groups is 1. The molecule has 1 saturated carbocycles. The van der Waals surface area contributed by atoms with Gasteiger partial charge >= 0.3 is 0 Å². The van der Waals surface area contributed by atoms with Crippen LogP contribution >= 0.6 is 22.9 Å². The van der Waals surface area contributed by atoms with Gasteiger partial charge < -0.3 is 16.2 Å². The van der Waals surface area contributed by atoms with Gasteiger partial charge in [-0.05, 0) is 31.0 Å². The molecule has 1 aromatic carbocycles. The number of halogens is 1. The number of hydrogen-bond acceptors (Lipinski definition) is 4. The largest absolute Gasteiger partial charge is 0.397 e. The average Bonchev–Trinajstić information content (AvgIpc) is 3.04. The molecule has 4 N–H and O–H groups in total. The lowest BCUT2D eigenvalue weighted by atomic mass is 10.1. The Balaban J connectivity index is 1.86. The van der Waals surface area contributed by atoms with Crippen LogP contribution in [0.2, 0.25) is 5.02 Å². The van der Waals surface area contributed by atoms with Crippen LogP contribution < -0.4 is 11.1 Å². The maximum Gasteiger partial charge on any atom is 0.263 e. The van der Waals surface area contributed by atoms with E-state index >= 15 is 0 Å². The van der Waals surface area contributed by atoms with E-state index in [0.717, 1.165) is 29.3 Å². The molecule has 0 spiro atoms. The van der Waals surface area contributed by atoms with E-state index < -0.39 is 0 Å². The summed E-state index contributed by atoms with van der Waals surface area (Å²) in [7, 11) is 0. The summed E-state index contributed by atoms with van der Waals surface area (Å²) in [5.74, 6) is -0.00540. The number of carbonyl (C=O) groups is 1. The smallest absolute Gasteiger partial charge is 0.263 e. The van der Waals surface area contributed by atoms with Gasteiger partial charge in [0.1, 0.15) is 4.88 Å². The van der Waals surface area contributed by atoms with Crippen molar-refractivity contribution in [1.82, 2.24) is 5.32 Å². The predicted octanol–water partition coefficient (Wildman–Crippen LogP) is 3.03.